The SMILES string of the molecule is Cc1c(C(C)C)[nH]c2c(F)cccc12. The molecule has 0 aliphatic carbocycles. The minimum absolute atomic E-state index is 0.169. The van der Waals surface area contributed by atoms with E-state index in [0.29, 0.717) is 11.4 Å². The zero-order valence-electron chi connectivity index (χ0n) is 8.69. The Labute approximate surface area is 82.9 Å². The summed E-state index contributed by atoms with van der Waals surface area (Å²) in [7, 11) is 0. The van der Waals surface area contributed by atoms with E-state index in [1.54, 1.807) is 6.07 Å². The molecule has 2 aromatic rings. The van der Waals surface area contributed by atoms with Gasteiger partial charge in [-0.1, -0.05) is 26.0 Å². The van der Waals surface area contributed by atoms with Gasteiger partial charge in [0.25, 0.3) is 0 Å². The number of halogens is 1. The van der Waals surface area contributed by atoms with Crippen LogP contribution in [-0.4, -0.2) is 4.98 Å². The van der Waals surface area contributed by atoms with Gasteiger partial charge in [-0.05, 0) is 24.5 Å². The molecular formula is C12H14FN. The fraction of sp³-hybridized carbons (Fsp3) is 0.333. The van der Waals surface area contributed by atoms with Crippen LogP contribution < -0.4 is 0 Å². The number of fused-ring (bicyclic) bond motifs is 1. The summed E-state index contributed by atoms with van der Waals surface area (Å²) in [5, 5.41) is 0.994. The van der Waals surface area contributed by atoms with E-state index in [1.165, 1.54) is 6.07 Å². The second kappa shape index (κ2) is 3.12. The third-order valence-electron chi connectivity index (χ3n) is 2.66. The van der Waals surface area contributed by atoms with E-state index in [9.17, 15) is 4.39 Å². The molecule has 2 heteroatoms. The lowest BCUT2D eigenvalue weighted by molar-refractivity contribution is 0.636. The molecule has 0 spiro atoms. The van der Waals surface area contributed by atoms with E-state index < -0.39 is 0 Å². The molecule has 0 fully saturated rings. The first-order valence-corrected chi connectivity index (χ1v) is 4.88. The maximum Gasteiger partial charge on any atom is 0.147 e. The van der Waals surface area contributed by atoms with Gasteiger partial charge in [0.15, 0.2) is 0 Å². The number of aryl methyl sites for hydroxylation is 1. The molecule has 1 heterocycles. The molecule has 0 unspecified atom stereocenters. The van der Waals surface area contributed by atoms with E-state index in [1.807, 2.05) is 13.0 Å². The van der Waals surface area contributed by atoms with Gasteiger partial charge in [0.05, 0.1) is 5.52 Å². The van der Waals surface area contributed by atoms with Crippen molar-refractivity contribution in [3.63, 3.8) is 0 Å². The quantitative estimate of drug-likeness (QED) is 0.706. The van der Waals surface area contributed by atoms with E-state index >= 15 is 0 Å². The van der Waals surface area contributed by atoms with Gasteiger partial charge in [-0.25, -0.2) is 4.39 Å². The second-order valence-corrected chi connectivity index (χ2v) is 3.98. The van der Waals surface area contributed by atoms with E-state index in [2.05, 4.69) is 18.8 Å². The van der Waals surface area contributed by atoms with Crippen molar-refractivity contribution in [1.82, 2.24) is 4.98 Å². The summed E-state index contributed by atoms with van der Waals surface area (Å²) < 4.78 is 13.4. The molecule has 14 heavy (non-hydrogen) atoms. The highest BCUT2D eigenvalue weighted by atomic mass is 19.1. The van der Waals surface area contributed by atoms with Gasteiger partial charge < -0.3 is 4.98 Å². The van der Waals surface area contributed by atoms with Crippen LogP contribution in [0.4, 0.5) is 4.39 Å². The number of aromatic amines is 1. The first-order chi connectivity index (χ1) is 6.61. The average molecular weight is 191 g/mol. The number of rotatable bonds is 1. The lowest BCUT2D eigenvalue weighted by Crippen LogP contribution is -1.89. The topological polar surface area (TPSA) is 15.8 Å². The molecule has 0 bridgehead atoms. The fourth-order valence-corrected chi connectivity index (χ4v) is 1.91. The smallest absolute Gasteiger partial charge is 0.147 e. The first-order valence-electron chi connectivity index (χ1n) is 4.88. The van der Waals surface area contributed by atoms with Crippen LogP contribution in [-0.2, 0) is 0 Å². The number of aromatic nitrogens is 1. The van der Waals surface area contributed by atoms with Crippen molar-refractivity contribution >= 4 is 10.9 Å². The number of benzene rings is 1. The van der Waals surface area contributed by atoms with E-state index in [0.717, 1.165) is 16.6 Å². The number of H-pyrrole nitrogens is 1. The second-order valence-electron chi connectivity index (χ2n) is 3.98. The van der Waals surface area contributed by atoms with Crippen molar-refractivity contribution in [3.8, 4) is 0 Å². The third kappa shape index (κ3) is 1.22. The summed E-state index contributed by atoms with van der Waals surface area (Å²) in [6.45, 7) is 6.25. The Balaban J connectivity index is 2.80. The van der Waals surface area contributed by atoms with Crippen molar-refractivity contribution in [3.05, 3.63) is 35.3 Å². The molecule has 0 aliphatic heterocycles. The summed E-state index contributed by atoms with van der Waals surface area (Å²) in [5.74, 6) is 0.235. The number of hydrogen-bond acceptors (Lipinski definition) is 0. The predicted octanol–water partition coefficient (Wildman–Crippen LogP) is 3.74. The number of hydrogen-bond donors (Lipinski definition) is 1. The Morgan fingerprint density at radius 1 is 1.29 bits per heavy atom. The van der Waals surface area contributed by atoms with Crippen LogP contribution in [0.25, 0.3) is 10.9 Å². The van der Waals surface area contributed by atoms with E-state index in [4.69, 9.17) is 0 Å². The number of para-hydroxylation sites is 1. The lowest BCUT2D eigenvalue weighted by Gasteiger charge is -2.02. The summed E-state index contributed by atoms with van der Waals surface area (Å²) in [4.78, 5) is 3.16. The predicted molar refractivity (Wildman–Crippen MR) is 57.1 cm³/mol. The lowest BCUT2D eigenvalue weighted by atomic mass is 10.1. The highest BCUT2D eigenvalue weighted by Crippen LogP contribution is 2.27. The van der Waals surface area contributed by atoms with Crippen molar-refractivity contribution in [1.29, 1.82) is 0 Å². The molecule has 74 valence electrons. The van der Waals surface area contributed by atoms with Gasteiger partial charge in [0.2, 0.25) is 0 Å². The molecule has 0 atom stereocenters. The van der Waals surface area contributed by atoms with Crippen LogP contribution in [0.15, 0.2) is 18.2 Å². The molecule has 2 rings (SSSR count). The van der Waals surface area contributed by atoms with Gasteiger partial charge in [0, 0.05) is 11.1 Å². The highest BCUT2D eigenvalue weighted by molar-refractivity contribution is 5.85. The maximum atomic E-state index is 13.4. The minimum atomic E-state index is -0.169. The molecule has 0 saturated heterocycles. The van der Waals surface area contributed by atoms with Crippen LogP contribution in [0.2, 0.25) is 0 Å². The van der Waals surface area contributed by atoms with Crippen LogP contribution >= 0.6 is 0 Å². The van der Waals surface area contributed by atoms with Crippen molar-refractivity contribution in [2.75, 3.05) is 0 Å². The maximum absolute atomic E-state index is 13.4. The molecule has 0 saturated carbocycles. The van der Waals surface area contributed by atoms with Crippen molar-refractivity contribution in [2.45, 2.75) is 26.7 Å². The third-order valence-corrected chi connectivity index (χ3v) is 2.66. The molecule has 0 radical (unpaired) electrons. The van der Waals surface area contributed by atoms with Gasteiger partial charge in [-0.2, -0.15) is 0 Å². The molecule has 1 nitrogen and oxygen atoms in total. The summed E-state index contributed by atoms with van der Waals surface area (Å²) in [6, 6.07) is 5.20. The Hall–Kier alpha value is -1.31. The molecule has 0 amide bonds. The molecular weight excluding hydrogens is 177 g/mol. The minimum Gasteiger partial charge on any atom is -0.356 e. The van der Waals surface area contributed by atoms with Crippen molar-refractivity contribution in [2.24, 2.45) is 0 Å². The Bertz CT molecular complexity index is 468. The van der Waals surface area contributed by atoms with E-state index in [-0.39, 0.29) is 5.82 Å². The Morgan fingerprint density at radius 3 is 2.57 bits per heavy atom. The zero-order chi connectivity index (χ0) is 10.3. The van der Waals surface area contributed by atoms with Crippen LogP contribution in [0.3, 0.4) is 0 Å². The normalized spacial score (nSPS) is 11.5. The van der Waals surface area contributed by atoms with Gasteiger partial charge in [-0.15, -0.1) is 0 Å². The average Bonchev–Trinajstić information content (AvgIpc) is 2.46. The first kappa shape index (κ1) is 9.25. The monoisotopic (exact) mass is 191 g/mol. The summed E-state index contributed by atoms with van der Waals surface area (Å²) in [6.07, 6.45) is 0. The standard InChI is InChI=1S/C12H14FN/c1-7(2)11-8(3)9-5-4-6-10(13)12(9)14-11/h4-7,14H,1-3H3. The van der Waals surface area contributed by atoms with Gasteiger partial charge in [-0.3, -0.25) is 0 Å². The van der Waals surface area contributed by atoms with Crippen LogP contribution in [0, 0.1) is 12.7 Å². The fourth-order valence-electron chi connectivity index (χ4n) is 1.91. The summed E-state index contributed by atoms with van der Waals surface area (Å²) in [5.41, 5.74) is 2.92. The molecule has 1 aromatic carbocycles. The molecule has 0 aliphatic rings. The Morgan fingerprint density at radius 2 is 2.00 bits per heavy atom. The molecule has 1 aromatic heterocycles. The van der Waals surface area contributed by atoms with Crippen molar-refractivity contribution < 1.29 is 4.39 Å². The number of nitrogens with one attached hydrogen (secondary N) is 1. The summed E-state index contributed by atoms with van der Waals surface area (Å²) >= 11 is 0. The largest absolute Gasteiger partial charge is 0.356 e. The zero-order valence-corrected chi connectivity index (χ0v) is 8.69. The Kier molecular flexibility index (Phi) is 2.06. The molecule has 1 N–H and O–H groups in total. The van der Waals surface area contributed by atoms with Gasteiger partial charge >= 0.3 is 0 Å². The van der Waals surface area contributed by atoms with Crippen LogP contribution in [0.5, 0.6) is 0 Å². The van der Waals surface area contributed by atoms with Crippen LogP contribution in [0.1, 0.15) is 31.0 Å². The highest BCUT2D eigenvalue weighted by Gasteiger charge is 2.12. The van der Waals surface area contributed by atoms with Gasteiger partial charge in [0.1, 0.15) is 5.82 Å².